The molecule has 0 aromatic heterocycles. The second-order valence-corrected chi connectivity index (χ2v) is 6.43. The van der Waals surface area contributed by atoms with E-state index in [1.165, 1.54) is 6.92 Å². The van der Waals surface area contributed by atoms with Crippen molar-refractivity contribution in [1.29, 1.82) is 0 Å². The highest BCUT2D eigenvalue weighted by molar-refractivity contribution is 8.14. The van der Waals surface area contributed by atoms with Gasteiger partial charge < -0.3 is 10.6 Å². The maximum Gasteiger partial charge on any atom is 0.230 e. The third kappa shape index (κ3) is 14.0. The van der Waals surface area contributed by atoms with Crippen LogP contribution in [-0.2, 0) is 9.59 Å². The Labute approximate surface area is 121 Å². The van der Waals surface area contributed by atoms with E-state index >= 15 is 0 Å². The van der Waals surface area contributed by atoms with E-state index in [4.69, 9.17) is 0 Å². The van der Waals surface area contributed by atoms with E-state index in [0.29, 0.717) is 6.54 Å². The van der Waals surface area contributed by atoms with E-state index < -0.39 is 0 Å². The zero-order valence-corrected chi connectivity index (χ0v) is 13.2. The van der Waals surface area contributed by atoms with Gasteiger partial charge in [0.1, 0.15) is 0 Å². The van der Waals surface area contributed by atoms with Gasteiger partial charge in [0.2, 0.25) is 5.91 Å². The van der Waals surface area contributed by atoms with Crippen molar-refractivity contribution in [3.63, 3.8) is 0 Å². The van der Waals surface area contributed by atoms with E-state index in [2.05, 4.69) is 16.0 Å². The molecule has 0 saturated carbocycles. The van der Waals surface area contributed by atoms with Gasteiger partial charge in [-0.3, -0.25) is 9.59 Å². The Balaban J connectivity index is 3.29. The minimum absolute atomic E-state index is 0.0268. The predicted octanol–water partition coefficient (Wildman–Crippen LogP) is 1.54. The molecule has 0 rings (SSSR count). The van der Waals surface area contributed by atoms with E-state index in [1.807, 2.05) is 12.5 Å². The Morgan fingerprint density at radius 1 is 1.11 bits per heavy atom. The monoisotopic (exact) mass is 308 g/mol. The van der Waals surface area contributed by atoms with Crippen LogP contribution in [0.15, 0.2) is 10.8 Å². The van der Waals surface area contributed by atoms with Crippen LogP contribution in [0.25, 0.3) is 0 Å². The van der Waals surface area contributed by atoms with E-state index in [9.17, 15) is 9.59 Å². The second-order valence-electron chi connectivity index (χ2n) is 3.25. The zero-order chi connectivity index (χ0) is 13.6. The summed E-state index contributed by atoms with van der Waals surface area (Å²) in [6.07, 6.45) is 0. The average molecular weight is 308 g/mol. The molecule has 0 spiro atoms. The van der Waals surface area contributed by atoms with Gasteiger partial charge >= 0.3 is 0 Å². The number of hydrogen-bond donors (Lipinski definition) is 2. The lowest BCUT2D eigenvalue weighted by Crippen LogP contribution is -2.27. The van der Waals surface area contributed by atoms with Crippen molar-refractivity contribution in [1.82, 2.24) is 10.6 Å². The summed E-state index contributed by atoms with van der Waals surface area (Å²) in [6, 6.07) is 0. The lowest BCUT2D eigenvalue weighted by Gasteiger charge is -2.02. The van der Waals surface area contributed by atoms with E-state index in [1.54, 1.807) is 23.5 Å². The molecule has 0 aromatic rings. The summed E-state index contributed by atoms with van der Waals surface area (Å²) in [5.74, 6) is 2.05. The minimum atomic E-state index is -0.0804. The van der Waals surface area contributed by atoms with E-state index in [0.717, 1.165) is 29.8 Å². The molecule has 0 fully saturated rings. The van der Waals surface area contributed by atoms with Crippen LogP contribution in [0.4, 0.5) is 0 Å². The van der Waals surface area contributed by atoms with Crippen LogP contribution in [0.3, 0.4) is 0 Å². The fourth-order valence-corrected chi connectivity index (χ4v) is 2.72. The number of amides is 1. The predicted molar refractivity (Wildman–Crippen MR) is 84.1 cm³/mol. The Morgan fingerprint density at radius 3 is 2.28 bits per heavy atom. The number of carbonyl (C=O) groups excluding carboxylic acids is 2. The van der Waals surface area contributed by atoms with Gasteiger partial charge in [-0.1, -0.05) is 11.8 Å². The largest absolute Gasteiger partial charge is 0.355 e. The van der Waals surface area contributed by atoms with Crippen molar-refractivity contribution in [2.45, 2.75) is 6.92 Å². The van der Waals surface area contributed by atoms with Crippen LogP contribution in [0.1, 0.15) is 6.92 Å². The smallest absolute Gasteiger partial charge is 0.230 e. The molecule has 4 nitrogen and oxygen atoms in total. The number of rotatable bonds is 10. The van der Waals surface area contributed by atoms with Gasteiger partial charge in [-0.15, -0.1) is 23.5 Å². The van der Waals surface area contributed by atoms with Gasteiger partial charge in [0.25, 0.3) is 0 Å². The summed E-state index contributed by atoms with van der Waals surface area (Å²) in [5.41, 5.74) is 0. The molecule has 0 unspecified atom stereocenters. The number of hydrogen-bond acceptors (Lipinski definition) is 6. The van der Waals surface area contributed by atoms with Gasteiger partial charge in [-0.05, 0) is 17.9 Å². The Bertz CT molecular complexity index is 273. The highest BCUT2D eigenvalue weighted by Gasteiger charge is 2.02. The topological polar surface area (TPSA) is 58.2 Å². The molecule has 0 saturated heterocycles. The summed E-state index contributed by atoms with van der Waals surface area (Å²) < 4.78 is 0. The van der Waals surface area contributed by atoms with Crippen LogP contribution in [0.5, 0.6) is 0 Å². The Morgan fingerprint density at radius 2 is 1.72 bits per heavy atom. The van der Waals surface area contributed by atoms with Crippen molar-refractivity contribution in [3.8, 4) is 0 Å². The fourth-order valence-electron chi connectivity index (χ4n) is 0.843. The maximum absolute atomic E-state index is 11.2. The van der Waals surface area contributed by atoms with Gasteiger partial charge in [0.05, 0.1) is 5.75 Å². The van der Waals surface area contributed by atoms with E-state index in [-0.39, 0.29) is 16.8 Å². The molecule has 0 aliphatic heterocycles. The third-order valence-electron chi connectivity index (χ3n) is 1.67. The molecule has 0 aliphatic rings. The number of thioether (sulfide) groups is 3. The molecule has 0 radical (unpaired) electrons. The molecular weight excluding hydrogens is 288 g/mol. The molecular formula is C11H20N2O2S3. The first-order chi connectivity index (χ1) is 8.66. The van der Waals surface area contributed by atoms with Gasteiger partial charge in [-0.25, -0.2) is 0 Å². The standard InChI is InChI=1S/C11H20N2O2S3/c1-10(14)18-9-11(15)13-4-6-17-8-7-16-5-3-12-2/h7-8,12H,3-6,9H2,1-2H3,(H,13,15)/b8-7-. The quantitative estimate of drug-likeness (QED) is 0.597. The number of nitrogens with one attached hydrogen (secondary N) is 2. The van der Waals surface area contributed by atoms with Gasteiger partial charge in [0.15, 0.2) is 5.12 Å². The molecule has 1 amide bonds. The van der Waals surface area contributed by atoms with Crippen LogP contribution in [0.2, 0.25) is 0 Å². The first kappa shape index (κ1) is 17.9. The molecule has 0 aromatic carbocycles. The maximum atomic E-state index is 11.2. The number of carbonyl (C=O) groups is 2. The van der Waals surface area contributed by atoms with Crippen LogP contribution >= 0.6 is 35.3 Å². The molecule has 104 valence electrons. The molecule has 2 N–H and O–H groups in total. The van der Waals surface area contributed by atoms with Crippen LogP contribution in [0, 0.1) is 0 Å². The SMILES string of the molecule is CNCCS/C=C\SCCNC(=O)CSC(C)=O. The van der Waals surface area contributed by atoms with Crippen molar-refractivity contribution in [2.75, 3.05) is 37.4 Å². The first-order valence-electron chi connectivity index (χ1n) is 5.59. The summed E-state index contributed by atoms with van der Waals surface area (Å²) in [6.45, 7) is 3.10. The lowest BCUT2D eigenvalue weighted by atomic mass is 10.6. The summed E-state index contributed by atoms with van der Waals surface area (Å²) in [7, 11) is 1.94. The van der Waals surface area contributed by atoms with Gasteiger partial charge in [-0.2, -0.15) is 0 Å². The molecule has 7 heteroatoms. The molecule has 18 heavy (non-hydrogen) atoms. The van der Waals surface area contributed by atoms with Crippen molar-refractivity contribution < 1.29 is 9.59 Å². The summed E-state index contributed by atoms with van der Waals surface area (Å²) >= 11 is 4.47. The summed E-state index contributed by atoms with van der Waals surface area (Å²) in [5, 5.41) is 9.92. The van der Waals surface area contributed by atoms with Crippen molar-refractivity contribution in [2.24, 2.45) is 0 Å². The van der Waals surface area contributed by atoms with Crippen molar-refractivity contribution >= 4 is 46.3 Å². The molecule has 0 bridgehead atoms. The molecule has 0 heterocycles. The lowest BCUT2D eigenvalue weighted by molar-refractivity contribution is -0.118. The van der Waals surface area contributed by atoms with Crippen molar-refractivity contribution in [3.05, 3.63) is 10.8 Å². The fraction of sp³-hybridized carbons (Fsp3) is 0.636. The first-order valence-corrected chi connectivity index (χ1v) is 8.68. The third-order valence-corrected chi connectivity index (χ3v) is 4.19. The normalized spacial score (nSPS) is 10.8. The summed E-state index contributed by atoms with van der Waals surface area (Å²) in [4.78, 5) is 21.9. The van der Waals surface area contributed by atoms with Crippen LogP contribution < -0.4 is 10.6 Å². The average Bonchev–Trinajstić information content (AvgIpc) is 2.34. The van der Waals surface area contributed by atoms with Gasteiger partial charge in [0, 0.05) is 31.5 Å². The zero-order valence-electron chi connectivity index (χ0n) is 10.7. The Hall–Kier alpha value is -0.110. The Kier molecular flexibility index (Phi) is 13.2. The molecule has 0 aliphatic carbocycles. The van der Waals surface area contributed by atoms with Crippen LogP contribution in [-0.4, -0.2) is 48.4 Å². The molecule has 0 atom stereocenters. The highest BCUT2D eigenvalue weighted by atomic mass is 32.2. The second kappa shape index (κ2) is 13.3. The highest BCUT2D eigenvalue weighted by Crippen LogP contribution is 2.07. The minimum Gasteiger partial charge on any atom is -0.355 e.